The lowest BCUT2D eigenvalue weighted by Gasteiger charge is -2.29. The third kappa shape index (κ3) is 4.80. The molecule has 6 heteroatoms. The van der Waals surface area contributed by atoms with Crippen LogP contribution >= 0.6 is 11.6 Å². The number of rotatable bonds is 8. The quantitative estimate of drug-likeness (QED) is 0.723. The molecule has 3 N–H and O–H groups in total. The van der Waals surface area contributed by atoms with Gasteiger partial charge in [-0.2, -0.15) is 5.10 Å². The van der Waals surface area contributed by atoms with E-state index in [1.807, 2.05) is 38.6 Å². The van der Waals surface area contributed by atoms with Crippen LogP contribution in [0, 0.1) is 6.92 Å². The highest BCUT2D eigenvalue weighted by molar-refractivity contribution is 6.31. The van der Waals surface area contributed by atoms with Crippen molar-refractivity contribution >= 4 is 17.5 Å². The zero-order valence-corrected chi connectivity index (χ0v) is 13.5. The predicted octanol–water partition coefficient (Wildman–Crippen LogP) is 2.26. The molecule has 0 spiro atoms. The summed E-state index contributed by atoms with van der Waals surface area (Å²) in [5.74, 6) is -0.302. The normalized spacial score (nSPS) is 14.5. The van der Waals surface area contributed by atoms with Crippen LogP contribution in [0.25, 0.3) is 0 Å². The first-order chi connectivity index (χ1) is 9.24. The van der Waals surface area contributed by atoms with Crippen molar-refractivity contribution in [2.45, 2.75) is 65.1 Å². The third-order valence-corrected chi connectivity index (χ3v) is 3.72. The van der Waals surface area contributed by atoms with E-state index in [1.54, 1.807) is 0 Å². The number of nitrogens with zero attached hydrogens (tertiary/aromatic N) is 2. The van der Waals surface area contributed by atoms with Gasteiger partial charge in [-0.05, 0) is 47.0 Å². The van der Waals surface area contributed by atoms with E-state index in [2.05, 4.69) is 10.4 Å². The highest BCUT2D eigenvalue weighted by Crippen LogP contribution is 2.16. The molecule has 1 atom stereocenters. The van der Waals surface area contributed by atoms with Gasteiger partial charge in [-0.15, -0.1) is 0 Å². The molecule has 1 amide bonds. The number of halogens is 1. The molecule has 1 rings (SSSR count). The van der Waals surface area contributed by atoms with Gasteiger partial charge < -0.3 is 11.1 Å². The summed E-state index contributed by atoms with van der Waals surface area (Å²) < 4.78 is 1.84. The minimum atomic E-state index is -0.647. The van der Waals surface area contributed by atoms with Gasteiger partial charge in [0.05, 0.1) is 16.3 Å². The van der Waals surface area contributed by atoms with E-state index in [4.69, 9.17) is 17.3 Å². The maximum Gasteiger partial charge on any atom is 0.237 e. The number of nitrogens with one attached hydrogen (secondary N) is 1. The molecule has 0 aliphatic carbocycles. The van der Waals surface area contributed by atoms with Crippen molar-refractivity contribution in [1.82, 2.24) is 15.1 Å². The lowest BCUT2D eigenvalue weighted by atomic mass is 9.93. The highest BCUT2D eigenvalue weighted by atomic mass is 35.5. The summed E-state index contributed by atoms with van der Waals surface area (Å²) in [4.78, 5) is 11.6. The van der Waals surface area contributed by atoms with Gasteiger partial charge >= 0.3 is 0 Å². The molecule has 0 aliphatic heterocycles. The Bertz CT molecular complexity index is 439. The maximum absolute atomic E-state index is 11.6. The molecule has 0 radical (unpaired) electrons. The van der Waals surface area contributed by atoms with Crippen LogP contribution in [-0.4, -0.2) is 27.3 Å². The molecule has 1 heterocycles. The lowest BCUT2D eigenvalue weighted by molar-refractivity contribution is -0.124. The van der Waals surface area contributed by atoms with Gasteiger partial charge in [0.2, 0.25) is 5.91 Å². The van der Waals surface area contributed by atoms with Gasteiger partial charge in [0.15, 0.2) is 0 Å². The van der Waals surface area contributed by atoms with Gasteiger partial charge in [0, 0.05) is 18.8 Å². The van der Waals surface area contributed by atoms with Crippen molar-refractivity contribution in [1.29, 1.82) is 0 Å². The minimum Gasteiger partial charge on any atom is -0.368 e. The maximum atomic E-state index is 11.6. The van der Waals surface area contributed by atoms with Crippen molar-refractivity contribution in [3.05, 3.63) is 16.9 Å². The summed E-state index contributed by atoms with van der Waals surface area (Å²) in [6.45, 7) is 8.56. The molecule has 0 fully saturated rings. The monoisotopic (exact) mass is 300 g/mol. The van der Waals surface area contributed by atoms with Crippen LogP contribution in [0.1, 0.15) is 45.7 Å². The molecule has 0 saturated heterocycles. The fourth-order valence-corrected chi connectivity index (χ4v) is 2.41. The van der Waals surface area contributed by atoms with Crippen molar-refractivity contribution < 1.29 is 4.79 Å². The Balaban J connectivity index is 2.43. The molecule has 114 valence electrons. The number of carbonyl (C=O) groups is 1. The summed E-state index contributed by atoms with van der Waals surface area (Å²) in [7, 11) is 0. The van der Waals surface area contributed by atoms with Gasteiger partial charge in [0.1, 0.15) is 0 Å². The van der Waals surface area contributed by atoms with Crippen molar-refractivity contribution in [2.75, 3.05) is 0 Å². The second kappa shape index (κ2) is 7.09. The summed E-state index contributed by atoms with van der Waals surface area (Å²) in [5, 5.41) is 8.24. The Kier molecular flexibility index (Phi) is 6.02. The molecule has 5 nitrogen and oxygen atoms in total. The SMILES string of the molecule is Cc1nn(CCCCC(C)(NC(C)C)C(N)=O)cc1Cl. The highest BCUT2D eigenvalue weighted by Gasteiger charge is 2.30. The Morgan fingerprint density at radius 3 is 2.65 bits per heavy atom. The zero-order valence-electron chi connectivity index (χ0n) is 12.7. The first-order valence-electron chi connectivity index (χ1n) is 7.02. The van der Waals surface area contributed by atoms with Gasteiger partial charge in [0.25, 0.3) is 0 Å². The number of amides is 1. The summed E-state index contributed by atoms with van der Waals surface area (Å²) >= 11 is 5.96. The molecular formula is C14H25ClN4O. The number of hydrogen-bond acceptors (Lipinski definition) is 3. The molecule has 1 unspecified atom stereocenters. The topological polar surface area (TPSA) is 72.9 Å². The molecule has 0 bridgehead atoms. The molecule has 0 saturated carbocycles. The largest absolute Gasteiger partial charge is 0.368 e. The number of aryl methyl sites for hydroxylation is 2. The summed E-state index contributed by atoms with van der Waals surface area (Å²) in [6.07, 6.45) is 4.38. The smallest absolute Gasteiger partial charge is 0.237 e. The minimum absolute atomic E-state index is 0.222. The standard InChI is InChI=1S/C14H25ClN4O/c1-10(2)17-14(4,13(16)20)7-5-6-8-19-9-12(15)11(3)18-19/h9-10,17H,5-8H2,1-4H3,(H2,16,20). The van der Waals surface area contributed by atoms with E-state index < -0.39 is 5.54 Å². The van der Waals surface area contributed by atoms with E-state index in [0.717, 1.165) is 25.1 Å². The third-order valence-electron chi connectivity index (χ3n) is 3.35. The Hall–Kier alpha value is -1.07. The number of primary amides is 1. The number of unbranched alkanes of at least 4 members (excludes halogenated alkanes) is 1. The number of carbonyl (C=O) groups excluding carboxylic acids is 1. The van der Waals surface area contributed by atoms with Crippen molar-refractivity contribution in [3.8, 4) is 0 Å². The molecule has 1 aromatic rings. The fraction of sp³-hybridized carbons (Fsp3) is 0.714. The lowest BCUT2D eigenvalue weighted by Crippen LogP contribution is -2.55. The van der Waals surface area contributed by atoms with Crippen LogP contribution in [0.3, 0.4) is 0 Å². The van der Waals surface area contributed by atoms with E-state index in [1.165, 1.54) is 0 Å². The van der Waals surface area contributed by atoms with Crippen LogP contribution < -0.4 is 11.1 Å². The average Bonchev–Trinajstić information content (AvgIpc) is 2.63. The van der Waals surface area contributed by atoms with Crippen LogP contribution in [0.5, 0.6) is 0 Å². The number of hydrogen-bond donors (Lipinski definition) is 2. The van der Waals surface area contributed by atoms with Crippen LogP contribution in [0.15, 0.2) is 6.20 Å². The van der Waals surface area contributed by atoms with Crippen LogP contribution in [0.2, 0.25) is 5.02 Å². The van der Waals surface area contributed by atoms with Crippen LogP contribution in [-0.2, 0) is 11.3 Å². The van der Waals surface area contributed by atoms with E-state index in [0.29, 0.717) is 11.4 Å². The van der Waals surface area contributed by atoms with Crippen molar-refractivity contribution in [2.24, 2.45) is 5.73 Å². The number of aromatic nitrogens is 2. The van der Waals surface area contributed by atoms with Gasteiger partial charge in [-0.25, -0.2) is 0 Å². The second-order valence-corrected chi connectivity index (χ2v) is 6.19. The fourth-order valence-electron chi connectivity index (χ4n) is 2.26. The zero-order chi connectivity index (χ0) is 15.3. The molecular weight excluding hydrogens is 276 g/mol. The van der Waals surface area contributed by atoms with Crippen LogP contribution in [0.4, 0.5) is 0 Å². The Labute approximate surface area is 125 Å². The molecule has 20 heavy (non-hydrogen) atoms. The van der Waals surface area contributed by atoms with Gasteiger partial charge in [-0.1, -0.05) is 11.6 Å². The predicted molar refractivity (Wildman–Crippen MR) is 81.7 cm³/mol. The average molecular weight is 301 g/mol. The first-order valence-corrected chi connectivity index (χ1v) is 7.39. The number of nitrogens with two attached hydrogens (primary N) is 1. The van der Waals surface area contributed by atoms with E-state index in [9.17, 15) is 4.79 Å². The van der Waals surface area contributed by atoms with E-state index in [-0.39, 0.29) is 11.9 Å². The summed E-state index contributed by atoms with van der Waals surface area (Å²) in [5.41, 5.74) is 5.70. The first kappa shape index (κ1) is 17.0. The Morgan fingerprint density at radius 2 is 2.20 bits per heavy atom. The van der Waals surface area contributed by atoms with Gasteiger partial charge in [-0.3, -0.25) is 9.48 Å². The molecule has 0 aliphatic rings. The molecule has 1 aromatic heterocycles. The summed E-state index contributed by atoms with van der Waals surface area (Å²) in [6, 6.07) is 0.222. The Morgan fingerprint density at radius 1 is 1.55 bits per heavy atom. The second-order valence-electron chi connectivity index (χ2n) is 5.78. The van der Waals surface area contributed by atoms with E-state index >= 15 is 0 Å². The molecule has 0 aromatic carbocycles. The van der Waals surface area contributed by atoms with Crippen molar-refractivity contribution in [3.63, 3.8) is 0 Å².